The number of hydrogen-bond acceptors (Lipinski definition) is 4. The van der Waals surface area contributed by atoms with Crippen LogP contribution in [0.3, 0.4) is 0 Å². The first-order valence-electron chi connectivity index (χ1n) is 6.59. The summed E-state index contributed by atoms with van der Waals surface area (Å²) in [5, 5.41) is 8.76. The molecule has 1 heterocycles. The van der Waals surface area contributed by atoms with Gasteiger partial charge in [-0.05, 0) is 30.9 Å². The van der Waals surface area contributed by atoms with E-state index in [4.69, 9.17) is 5.26 Å². The molecule has 1 fully saturated rings. The van der Waals surface area contributed by atoms with E-state index >= 15 is 0 Å². The third-order valence-corrected chi connectivity index (χ3v) is 6.67. The van der Waals surface area contributed by atoms with Crippen LogP contribution in [0, 0.1) is 17.2 Å². The molecule has 0 radical (unpaired) electrons. The van der Waals surface area contributed by atoms with E-state index in [0.29, 0.717) is 10.8 Å². The number of sulfonamides is 1. The summed E-state index contributed by atoms with van der Waals surface area (Å²) in [6.07, 6.45) is 5.28. The zero-order valence-electron chi connectivity index (χ0n) is 10.9. The van der Waals surface area contributed by atoms with Crippen LogP contribution in [0.4, 0.5) is 0 Å². The maximum Gasteiger partial charge on any atom is 0.250 e. The highest BCUT2D eigenvalue weighted by atomic mass is 32.2. The summed E-state index contributed by atoms with van der Waals surface area (Å²) in [7, 11) is -3.47. The van der Waals surface area contributed by atoms with Crippen molar-refractivity contribution in [1.82, 2.24) is 4.72 Å². The second kappa shape index (κ2) is 6.04. The second-order valence-electron chi connectivity index (χ2n) is 4.91. The highest BCUT2D eigenvalue weighted by molar-refractivity contribution is 7.91. The average molecular weight is 298 g/mol. The maximum atomic E-state index is 12.3. The van der Waals surface area contributed by atoms with Crippen molar-refractivity contribution in [3.63, 3.8) is 0 Å². The molecule has 0 aliphatic heterocycles. The van der Waals surface area contributed by atoms with Crippen LogP contribution in [0.15, 0.2) is 16.3 Å². The summed E-state index contributed by atoms with van der Waals surface area (Å²) in [4.78, 5) is 0.427. The molecule has 1 aromatic heterocycles. The Bertz CT molecular complexity index is 572. The summed E-state index contributed by atoms with van der Waals surface area (Å²) < 4.78 is 27.6. The fourth-order valence-corrected chi connectivity index (χ4v) is 5.09. The minimum atomic E-state index is -3.47. The normalized spacial score (nSPS) is 24.0. The van der Waals surface area contributed by atoms with Crippen LogP contribution in [-0.2, 0) is 10.0 Å². The van der Waals surface area contributed by atoms with Crippen molar-refractivity contribution in [3.8, 4) is 6.07 Å². The largest absolute Gasteiger partial charge is 0.250 e. The number of nitrogens with zero attached hydrogens (tertiary/aromatic N) is 1. The molecule has 4 nitrogen and oxygen atoms in total. The van der Waals surface area contributed by atoms with Gasteiger partial charge in [-0.2, -0.15) is 5.26 Å². The van der Waals surface area contributed by atoms with E-state index < -0.39 is 10.0 Å². The van der Waals surface area contributed by atoms with Crippen molar-refractivity contribution >= 4 is 21.4 Å². The lowest BCUT2D eigenvalue weighted by Gasteiger charge is -2.31. The molecule has 6 heteroatoms. The van der Waals surface area contributed by atoms with Crippen molar-refractivity contribution in [2.75, 3.05) is 0 Å². The lowest BCUT2D eigenvalue weighted by atomic mass is 9.83. The van der Waals surface area contributed by atoms with Crippen LogP contribution >= 0.6 is 11.3 Å². The molecule has 0 saturated heterocycles. The van der Waals surface area contributed by atoms with Gasteiger partial charge in [-0.25, -0.2) is 13.1 Å². The third kappa shape index (κ3) is 3.35. The average Bonchev–Trinajstić information content (AvgIpc) is 2.88. The summed E-state index contributed by atoms with van der Waals surface area (Å²) >= 11 is 1.03. The zero-order chi connectivity index (χ0) is 13.9. The molecule has 0 aromatic carbocycles. The Morgan fingerprint density at radius 2 is 2.16 bits per heavy atom. The highest BCUT2D eigenvalue weighted by Crippen LogP contribution is 2.29. The van der Waals surface area contributed by atoms with E-state index in [-0.39, 0.29) is 10.3 Å². The Balaban J connectivity index is 2.14. The van der Waals surface area contributed by atoms with Gasteiger partial charge in [0.1, 0.15) is 15.2 Å². The van der Waals surface area contributed by atoms with E-state index in [1.165, 1.54) is 12.5 Å². The first-order valence-corrected chi connectivity index (χ1v) is 8.89. The van der Waals surface area contributed by atoms with Gasteiger partial charge in [-0.3, -0.25) is 0 Å². The van der Waals surface area contributed by atoms with Crippen molar-refractivity contribution in [3.05, 3.63) is 17.0 Å². The Morgan fingerprint density at radius 1 is 1.42 bits per heavy atom. The summed E-state index contributed by atoms with van der Waals surface area (Å²) in [6.45, 7) is 2.11. The fraction of sp³-hybridized carbons (Fsp3) is 0.615. The quantitative estimate of drug-likeness (QED) is 0.929. The monoisotopic (exact) mass is 298 g/mol. The molecular formula is C13H18N2O2S2. The van der Waals surface area contributed by atoms with Crippen molar-refractivity contribution in [2.24, 2.45) is 5.92 Å². The van der Waals surface area contributed by atoms with Crippen molar-refractivity contribution < 1.29 is 8.42 Å². The van der Waals surface area contributed by atoms with Crippen LogP contribution < -0.4 is 4.72 Å². The number of nitriles is 1. The van der Waals surface area contributed by atoms with Gasteiger partial charge in [-0.15, -0.1) is 11.3 Å². The topological polar surface area (TPSA) is 70.0 Å². The minimum Gasteiger partial charge on any atom is -0.207 e. The number of rotatable bonds is 4. The van der Waals surface area contributed by atoms with Crippen molar-refractivity contribution in [2.45, 2.75) is 49.3 Å². The molecule has 0 bridgehead atoms. The Hall–Kier alpha value is -0.900. The van der Waals surface area contributed by atoms with Gasteiger partial charge in [0.05, 0.1) is 0 Å². The molecule has 19 heavy (non-hydrogen) atoms. The molecule has 2 unspecified atom stereocenters. The van der Waals surface area contributed by atoms with E-state index in [9.17, 15) is 8.42 Å². The van der Waals surface area contributed by atoms with Gasteiger partial charge in [-0.1, -0.05) is 26.2 Å². The Kier molecular flexibility index (Phi) is 4.61. The van der Waals surface area contributed by atoms with E-state index in [1.54, 1.807) is 6.07 Å². The van der Waals surface area contributed by atoms with Gasteiger partial charge in [0.25, 0.3) is 0 Å². The third-order valence-electron chi connectivity index (χ3n) is 3.70. The molecule has 2 rings (SSSR count). The van der Waals surface area contributed by atoms with Gasteiger partial charge in [0.2, 0.25) is 10.0 Å². The minimum absolute atomic E-state index is 0.0383. The summed E-state index contributed by atoms with van der Waals surface area (Å²) in [6, 6.07) is 5.07. The molecule has 0 spiro atoms. The predicted octanol–water partition coefficient (Wildman–Crippen LogP) is 2.87. The summed E-state index contributed by atoms with van der Waals surface area (Å²) in [5.41, 5.74) is 0. The van der Waals surface area contributed by atoms with Crippen LogP contribution in [0.1, 0.15) is 43.9 Å². The van der Waals surface area contributed by atoms with E-state index in [2.05, 4.69) is 11.6 Å². The van der Waals surface area contributed by atoms with Gasteiger partial charge in [0.15, 0.2) is 0 Å². The van der Waals surface area contributed by atoms with Crippen molar-refractivity contribution in [1.29, 1.82) is 5.26 Å². The molecule has 1 aliphatic carbocycles. The summed E-state index contributed by atoms with van der Waals surface area (Å²) in [5.74, 6) is 0.430. The standard InChI is InChI=1S/C13H18N2O2S2/c1-2-10-5-3-4-6-12(10)15-19(16,17)13-8-7-11(9-14)18-13/h7-8,10,12,15H,2-6H2,1H3. The number of nitrogens with one attached hydrogen (secondary N) is 1. The number of hydrogen-bond donors (Lipinski definition) is 1. The molecule has 1 aliphatic rings. The molecular weight excluding hydrogens is 280 g/mol. The maximum absolute atomic E-state index is 12.3. The first kappa shape index (κ1) is 14.5. The smallest absolute Gasteiger partial charge is 0.207 e. The van der Waals surface area contributed by atoms with Crippen LogP contribution in [-0.4, -0.2) is 14.5 Å². The van der Waals surface area contributed by atoms with E-state index in [0.717, 1.165) is 37.0 Å². The zero-order valence-corrected chi connectivity index (χ0v) is 12.6. The molecule has 1 aromatic rings. The van der Waals surface area contributed by atoms with Crippen LogP contribution in [0.5, 0.6) is 0 Å². The fourth-order valence-electron chi connectivity index (χ4n) is 2.63. The van der Waals surface area contributed by atoms with Gasteiger partial charge >= 0.3 is 0 Å². The molecule has 0 amide bonds. The van der Waals surface area contributed by atoms with E-state index in [1.807, 2.05) is 6.07 Å². The lowest BCUT2D eigenvalue weighted by molar-refractivity contribution is 0.282. The predicted molar refractivity (Wildman–Crippen MR) is 75.4 cm³/mol. The first-order chi connectivity index (χ1) is 9.06. The lowest BCUT2D eigenvalue weighted by Crippen LogP contribution is -2.41. The van der Waals surface area contributed by atoms with Crippen LogP contribution in [0.2, 0.25) is 0 Å². The molecule has 1 N–H and O–H groups in total. The van der Waals surface area contributed by atoms with Gasteiger partial charge in [0, 0.05) is 6.04 Å². The molecule has 104 valence electrons. The Labute approximate surface area is 118 Å². The van der Waals surface area contributed by atoms with Gasteiger partial charge < -0.3 is 0 Å². The Morgan fingerprint density at radius 3 is 2.79 bits per heavy atom. The SMILES string of the molecule is CCC1CCCCC1NS(=O)(=O)c1ccc(C#N)s1. The number of thiophene rings is 1. The second-order valence-corrected chi connectivity index (χ2v) is 7.94. The van der Waals surface area contributed by atoms with Crippen LogP contribution in [0.25, 0.3) is 0 Å². The highest BCUT2D eigenvalue weighted by Gasteiger charge is 2.29. The molecule has 1 saturated carbocycles. The molecule has 2 atom stereocenters.